The topological polar surface area (TPSA) is 62.2 Å². The van der Waals surface area contributed by atoms with Crippen molar-refractivity contribution >= 4 is 5.91 Å². The molecule has 2 aliphatic heterocycles. The smallest absolute Gasteiger partial charge is 0.224 e. The average Bonchev–Trinajstić information content (AvgIpc) is 2.61. The fourth-order valence-electron chi connectivity index (χ4n) is 4.73. The van der Waals surface area contributed by atoms with Crippen molar-refractivity contribution in [2.45, 2.75) is 75.7 Å². The van der Waals surface area contributed by atoms with Crippen LogP contribution in [-0.2, 0) is 14.3 Å². The lowest BCUT2D eigenvalue weighted by molar-refractivity contribution is -0.160. The van der Waals surface area contributed by atoms with Crippen LogP contribution in [0.1, 0.15) is 51.4 Å². The minimum atomic E-state index is -0.424. The maximum atomic E-state index is 12.0. The molecule has 1 amide bonds. The first-order valence-electron chi connectivity index (χ1n) is 10.4. The maximum absolute atomic E-state index is 12.0. The highest BCUT2D eigenvalue weighted by Crippen LogP contribution is 2.31. The molecule has 0 unspecified atom stereocenters. The SMILES string of the molecule is CN(C)C(=O)C[C@H]1CC[C@@H]2[C@H](COC[C@@H](O)CN2CC2CCCCC2)O1. The van der Waals surface area contributed by atoms with Crippen LogP contribution in [-0.4, -0.2) is 85.6 Å². The molecule has 4 atom stereocenters. The van der Waals surface area contributed by atoms with Gasteiger partial charge in [-0.05, 0) is 31.6 Å². The third kappa shape index (κ3) is 5.41. The van der Waals surface area contributed by atoms with Gasteiger partial charge in [-0.25, -0.2) is 0 Å². The van der Waals surface area contributed by atoms with Gasteiger partial charge in [0.1, 0.15) is 0 Å². The van der Waals surface area contributed by atoms with Crippen LogP contribution in [0.2, 0.25) is 0 Å². The molecule has 1 aliphatic carbocycles. The fourth-order valence-corrected chi connectivity index (χ4v) is 4.73. The van der Waals surface area contributed by atoms with Crippen molar-refractivity contribution in [3.63, 3.8) is 0 Å². The molecule has 2 saturated heterocycles. The molecule has 3 rings (SSSR count). The second-order valence-corrected chi connectivity index (χ2v) is 8.58. The molecule has 3 fully saturated rings. The molecule has 1 saturated carbocycles. The summed E-state index contributed by atoms with van der Waals surface area (Å²) in [4.78, 5) is 16.1. The summed E-state index contributed by atoms with van der Waals surface area (Å²) in [5.74, 6) is 0.861. The Morgan fingerprint density at radius 1 is 1.12 bits per heavy atom. The van der Waals surface area contributed by atoms with Crippen molar-refractivity contribution in [2.24, 2.45) is 5.92 Å². The van der Waals surface area contributed by atoms with Gasteiger partial charge in [0.25, 0.3) is 0 Å². The minimum Gasteiger partial charge on any atom is -0.389 e. The van der Waals surface area contributed by atoms with Crippen LogP contribution < -0.4 is 0 Å². The van der Waals surface area contributed by atoms with Crippen LogP contribution in [0.3, 0.4) is 0 Å². The van der Waals surface area contributed by atoms with Crippen LogP contribution >= 0.6 is 0 Å². The first kappa shape index (κ1) is 20.1. The van der Waals surface area contributed by atoms with Crippen LogP contribution in [0, 0.1) is 5.92 Å². The number of amides is 1. The van der Waals surface area contributed by atoms with Crippen molar-refractivity contribution in [2.75, 3.05) is 40.4 Å². The number of rotatable bonds is 4. The second-order valence-electron chi connectivity index (χ2n) is 8.58. The zero-order chi connectivity index (χ0) is 18.5. The molecule has 26 heavy (non-hydrogen) atoms. The molecular formula is C20H36N2O4. The molecule has 3 aliphatic rings. The number of fused-ring (bicyclic) bond motifs is 1. The summed E-state index contributed by atoms with van der Waals surface area (Å²) < 4.78 is 12.0. The molecule has 6 nitrogen and oxygen atoms in total. The van der Waals surface area contributed by atoms with Gasteiger partial charge >= 0.3 is 0 Å². The molecule has 1 N–H and O–H groups in total. The molecule has 150 valence electrons. The molecule has 2 heterocycles. The van der Waals surface area contributed by atoms with E-state index in [-0.39, 0.29) is 24.2 Å². The summed E-state index contributed by atoms with van der Waals surface area (Å²) in [5.41, 5.74) is 0. The van der Waals surface area contributed by atoms with Gasteiger partial charge in [0.15, 0.2) is 0 Å². The highest BCUT2D eigenvalue weighted by atomic mass is 16.5. The van der Waals surface area contributed by atoms with Crippen molar-refractivity contribution in [1.29, 1.82) is 0 Å². The second kappa shape index (κ2) is 9.49. The average molecular weight is 369 g/mol. The maximum Gasteiger partial charge on any atom is 0.224 e. The van der Waals surface area contributed by atoms with Crippen LogP contribution in [0.15, 0.2) is 0 Å². The van der Waals surface area contributed by atoms with E-state index in [0.717, 1.165) is 25.3 Å². The van der Waals surface area contributed by atoms with E-state index in [2.05, 4.69) is 4.90 Å². The number of ether oxygens (including phenoxy) is 2. The van der Waals surface area contributed by atoms with E-state index in [0.29, 0.717) is 26.2 Å². The third-order valence-electron chi connectivity index (χ3n) is 6.21. The first-order valence-corrected chi connectivity index (χ1v) is 10.4. The molecule has 0 spiro atoms. The highest BCUT2D eigenvalue weighted by Gasteiger charge is 2.38. The van der Waals surface area contributed by atoms with E-state index in [1.54, 1.807) is 19.0 Å². The molecule has 0 aromatic carbocycles. The van der Waals surface area contributed by atoms with E-state index < -0.39 is 6.10 Å². The Bertz CT molecular complexity index is 453. The van der Waals surface area contributed by atoms with Gasteiger partial charge in [-0.1, -0.05) is 19.3 Å². The van der Waals surface area contributed by atoms with Crippen LogP contribution in [0.25, 0.3) is 0 Å². The number of hydrogen-bond acceptors (Lipinski definition) is 5. The predicted octanol–water partition coefficient (Wildman–Crippen LogP) is 1.65. The van der Waals surface area contributed by atoms with Crippen LogP contribution in [0.5, 0.6) is 0 Å². The third-order valence-corrected chi connectivity index (χ3v) is 6.21. The normalized spacial score (nSPS) is 34.6. The molecule has 6 heteroatoms. The van der Waals surface area contributed by atoms with E-state index in [4.69, 9.17) is 9.47 Å². The number of aliphatic hydroxyl groups is 1. The Hall–Kier alpha value is -0.690. The van der Waals surface area contributed by atoms with E-state index in [1.165, 1.54) is 32.1 Å². The Morgan fingerprint density at radius 2 is 1.88 bits per heavy atom. The zero-order valence-electron chi connectivity index (χ0n) is 16.4. The summed E-state index contributed by atoms with van der Waals surface area (Å²) >= 11 is 0. The van der Waals surface area contributed by atoms with Crippen molar-refractivity contribution in [3.05, 3.63) is 0 Å². The summed E-state index contributed by atoms with van der Waals surface area (Å²) in [6, 6.07) is 0.289. The lowest BCUT2D eigenvalue weighted by Gasteiger charge is -2.45. The summed E-state index contributed by atoms with van der Waals surface area (Å²) in [7, 11) is 3.58. The fraction of sp³-hybridized carbons (Fsp3) is 0.950. The Labute approximate surface area is 157 Å². The highest BCUT2D eigenvalue weighted by molar-refractivity contribution is 5.76. The number of β-amino-alcohol motifs (C(OH)–C–C–N with tert-alkyl or cyclic N) is 1. The standard InChI is InChI=1S/C20H36N2O4/c1-21(2)20(24)10-17-8-9-18-19(26-17)14-25-13-16(23)12-22(18)11-15-6-4-3-5-7-15/h15-19,23H,3-14H2,1-2H3/t16-,17+,18+,19-/m0/s1. The van der Waals surface area contributed by atoms with Crippen LogP contribution in [0.4, 0.5) is 0 Å². The Kier molecular flexibility index (Phi) is 7.32. The number of nitrogens with zero attached hydrogens (tertiary/aromatic N) is 2. The number of aliphatic hydroxyl groups excluding tert-OH is 1. The molecular weight excluding hydrogens is 332 g/mol. The Balaban J connectivity index is 1.62. The predicted molar refractivity (Wildman–Crippen MR) is 100.0 cm³/mol. The van der Waals surface area contributed by atoms with E-state index in [9.17, 15) is 9.90 Å². The summed E-state index contributed by atoms with van der Waals surface area (Å²) in [5, 5.41) is 10.3. The van der Waals surface area contributed by atoms with Gasteiger partial charge in [0, 0.05) is 33.2 Å². The van der Waals surface area contributed by atoms with Crippen molar-refractivity contribution < 1.29 is 19.4 Å². The van der Waals surface area contributed by atoms with Gasteiger partial charge in [0.05, 0.1) is 37.9 Å². The summed E-state index contributed by atoms with van der Waals surface area (Å²) in [6.07, 6.45) is 8.57. The Morgan fingerprint density at radius 3 is 2.62 bits per heavy atom. The quantitative estimate of drug-likeness (QED) is 0.818. The van der Waals surface area contributed by atoms with Crippen molar-refractivity contribution in [1.82, 2.24) is 9.80 Å². The lowest BCUT2D eigenvalue weighted by atomic mass is 9.87. The largest absolute Gasteiger partial charge is 0.389 e. The van der Waals surface area contributed by atoms with E-state index >= 15 is 0 Å². The van der Waals surface area contributed by atoms with Gasteiger partial charge in [-0.2, -0.15) is 0 Å². The number of hydrogen-bond donors (Lipinski definition) is 1. The minimum absolute atomic E-state index is 0.000183. The van der Waals surface area contributed by atoms with Gasteiger partial charge < -0.3 is 19.5 Å². The van der Waals surface area contributed by atoms with Gasteiger partial charge in [0.2, 0.25) is 5.91 Å². The van der Waals surface area contributed by atoms with Gasteiger partial charge in [-0.15, -0.1) is 0 Å². The molecule has 0 radical (unpaired) electrons. The lowest BCUT2D eigenvalue weighted by Crippen LogP contribution is -2.56. The molecule has 0 aromatic heterocycles. The molecule has 0 aromatic rings. The van der Waals surface area contributed by atoms with Gasteiger partial charge in [-0.3, -0.25) is 9.69 Å². The zero-order valence-corrected chi connectivity index (χ0v) is 16.4. The number of carbonyl (C=O) groups excluding carboxylic acids is 1. The van der Waals surface area contributed by atoms with E-state index in [1.807, 2.05) is 0 Å². The first-order chi connectivity index (χ1) is 12.5. The van der Waals surface area contributed by atoms with Crippen molar-refractivity contribution in [3.8, 4) is 0 Å². The monoisotopic (exact) mass is 368 g/mol. The summed E-state index contributed by atoms with van der Waals surface area (Å²) in [6.45, 7) is 2.61. The number of carbonyl (C=O) groups is 1. The molecule has 0 bridgehead atoms.